The molecule has 1 N–H and O–H groups in total. The van der Waals surface area contributed by atoms with Crippen molar-refractivity contribution < 1.29 is 14.3 Å². The summed E-state index contributed by atoms with van der Waals surface area (Å²) in [7, 11) is 0. The van der Waals surface area contributed by atoms with E-state index in [1.54, 1.807) is 18.2 Å². The SMILES string of the molecule is O=C(OC1(c2ccccc2)CCNCC1)c1cccc2c1-c1ccccc1C2=O. The molecule has 0 aromatic heterocycles. The van der Waals surface area contributed by atoms with Gasteiger partial charge in [0.15, 0.2) is 5.78 Å². The number of hydrogen-bond acceptors (Lipinski definition) is 4. The van der Waals surface area contributed by atoms with Crippen molar-refractivity contribution in [1.29, 1.82) is 0 Å². The zero-order chi connectivity index (χ0) is 19.8. The number of piperidine rings is 1. The molecule has 144 valence electrons. The lowest BCUT2D eigenvalue weighted by atomic mass is 9.84. The molecule has 0 unspecified atom stereocenters. The van der Waals surface area contributed by atoms with Crippen LogP contribution < -0.4 is 5.32 Å². The van der Waals surface area contributed by atoms with Gasteiger partial charge in [-0.1, -0.05) is 66.7 Å². The number of fused-ring (bicyclic) bond motifs is 3. The van der Waals surface area contributed by atoms with Gasteiger partial charge in [-0.2, -0.15) is 0 Å². The van der Waals surface area contributed by atoms with Gasteiger partial charge < -0.3 is 10.1 Å². The molecule has 3 aromatic rings. The van der Waals surface area contributed by atoms with Gasteiger partial charge in [0, 0.05) is 29.5 Å². The third kappa shape index (κ3) is 2.88. The van der Waals surface area contributed by atoms with Gasteiger partial charge in [0.1, 0.15) is 5.60 Å². The van der Waals surface area contributed by atoms with Crippen LogP contribution in [-0.4, -0.2) is 24.8 Å². The molecule has 1 fully saturated rings. The van der Waals surface area contributed by atoms with E-state index in [1.165, 1.54) is 0 Å². The van der Waals surface area contributed by atoms with Crippen LogP contribution in [0.25, 0.3) is 11.1 Å². The van der Waals surface area contributed by atoms with E-state index in [0.29, 0.717) is 35.1 Å². The van der Waals surface area contributed by atoms with Crippen molar-refractivity contribution in [2.45, 2.75) is 18.4 Å². The molecule has 1 aliphatic carbocycles. The lowest BCUT2D eigenvalue weighted by Gasteiger charge is -2.37. The van der Waals surface area contributed by atoms with Crippen LogP contribution in [0.3, 0.4) is 0 Å². The Morgan fingerprint density at radius 2 is 1.45 bits per heavy atom. The van der Waals surface area contributed by atoms with Crippen molar-refractivity contribution in [2.24, 2.45) is 0 Å². The van der Waals surface area contributed by atoms with Gasteiger partial charge in [-0.3, -0.25) is 4.79 Å². The molecule has 0 bridgehead atoms. The number of esters is 1. The van der Waals surface area contributed by atoms with Gasteiger partial charge >= 0.3 is 5.97 Å². The monoisotopic (exact) mass is 383 g/mol. The fraction of sp³-hybridized carbons (Fsp3) is 0.200. The minimum atomic E-state index is -0.658. The number of benzene rings is 3. The van der Waals surface area contributed by atoms with Crippen LogP contribution in [0, 0.1) is 0 Å². The van der Waals surface area contributed by atoms with Crippen LogP contribution >= 0.6 is 0 Å². The second kappa shape index (κ2) is 6.98. The molecular weight excluding hydrogens is 362 g/mol. The fourth-order valence-corrected chi connectivity index (χ4v) is 4.50. The number of carbonyl (C=O) groups excluding carboxylic acids is 2. The van der Waals surface area contributed by atoms with Crippen LogP contribution in [0.2, 0.25) is 0 Å². The second-order valence-electron chi connectivity index (χ2n) is 7.60. The average molecular weight is 383 g/mol. The summed E-state index contributed by atoms with van der Waals surface area (Å²) in [4.78, 5) is 26.2. The molecule has 1 heterocycles. The van der Waals surface area contributed by atoms with Crippen molar-refractivity contribution in [1.82, 2.24) is 5.32 Å². The Morgan fingerprint density at radius 3 is 2.21 bits per heavy atom. The summed E-state index contributed by atoms with van der Waals surface area (Å²) in [6, 6.07) is 22.7. The van der Waals surface area contributed by atoms with E-state index in [2.05, 4.69) is 5.32 Å². The quantitative estimate of drug-likeness (QED) is 0.535. The highest BCUT2D eigenvalue weighted by molar-refractivity contribution is 6.24. The molecule has 0 saturated carbocycles. The number of ketones is 1. The summed E-state index contributed by atoms with van der Waals surface area (Å²) in [6.07, 6.45) is 1.43. The summed E-state index contributed by atoms with van der Waals surface area (Å²) in [5.74, 6) is -0.415. The highest BCUT2D eigenvalue weighted by Crippen LogP contribution is 2.41. The molecule has 0 radical (unpaired) electrons. The van der Waals surface area contributed by atoms with Gasteiger partial charge in [0.05, 0.1) is 5.56 Å². The topological polar surface area (TPSA) is 55.4 Å². The maximum Gasteiger partial charge on any atom is 0.339 e. The number of hydrogen-bond donors (Lipinski definition) is 1. The Hall–Kier alpha value is -3.24. The van der Waals surface area contributed by atoms with Crippen molar-refractivity contribution >= 4 is 11.8 Å². The Bertz CT molecular complexity index is 1100. The summed E-state index contributed by atoms with van der Waals surface area (Å²) < 4.78 is 6.24. The zero-order valence-electron chi connectivity index (χ0n) is 16.0. The van der Waals surface area contributed by atoms with Crippen LogP contribution in [-0.2, 0) is 10.3 Å². The molecule has 5 rings (SSSR count). The highest BCUT2D eigenvalue weighted by Gasteiger charge is 2.39. The zero-order valence-corrected chi connectivity index (χ0v) is 16.0. The summed E-state index contributed by atoms with van der Waals surface area (Å²) in [5.41, 5.74) is 3.51. The molecule has 1 saturated heterocycles. The first-order chi connectivity index (χ1) is 14.2. The van der Waals surface area contributed by atoms with Crippen molar-refractivity contribution in [3.63, 3.8) is 0 Å². The lowest BCUT2D eigenvalue weighted by molar-refractivity contribution is -0.0377. The maximum atomic E-state index is 13.4. The molecule has 0 spiro atoms. The highest BCUT2D eigenvalue weighted by atomic mass is 16.6. The first kappa shape index (κ1) is 17.8. The number of rotatable bonds is 3. The van der Waals surface area contributed by atoms with E-state index >= 15 is 0 Å². The van der Waals surface area contributed by atoms with E-state index in [4.69, 9.17) is 4.74 Å². The molecule has 29 heavy (non-hydrogen) atoms. The molecule has 0 amide bonds. The Balaban J connectivity index is 1.57. The standard InChI is InChI=1S/C25H21NO3/c27-23-19-10-5-4-9-18(19)22-20(23)11-6-12-21(22)24(28)29-25(13-15-26-16-14-25)17-7-2-1-3-8-17/h1-12,26H,13-16H2. The first-order valence-corrected chi connectivity index (χ1v) is 9.96. The Labute approximate surface area is 169 Å². The van der Waals surface area contributed by atoms with Gasteiger partial charge in [0.2, 0.25) is 0 Å². The normalized spacial score (nSPS) is 16.8. The lowest BCUT2D eigenvalue weighted by Crippen LogP contribution is -2.43. The third-order valence-electron chi connectivity index (χ3n) is 5.97. The predicted molar refractivity (Wildman–Crippen MR) is 111 cm³/mol. The first-order valence-electron chi connectivity index (χ1n) is 9.96. The average Bonchev–Trinajstić information content (AvgIpc) is 3.08. The predicted octanol–water partition coefficient (Wildman–Crippen LogP) is 4.33. The van der Waals surface area contributed by atoms with E-state index < -0.39 is 5.60 Å². The van der Waals surface area contributed by atoms with Crippen molar-refractivity contribution in [3.05, 3.63) is 95.1 Å². The summed E-state index contributed by atoms with van der Waals surface area (Å²) in [5, 5.41) is 3.35. The van der Waals surface area contributed by atoms with Crippen LogP contribution in [0.15, 0.2) is 72.8 Å². The largest absolute Gasteiger partial charge is 0.450 e. The molecule has 0 atom stereocenters. The number of carbonyl (C=O) groups is 2. The fourth-order valence-electron chi connectivity index (χ4n) is 4.50. The summed E-state index contributed by atoms with van der Waals surface area (Å²) in [6.45, 7) is 1.58. The smallest absolute Gasteiger partial charge is 0.339 e. The van der Waals surface area contributed by atoms with E-state index in [0.717, 1.165) is 24.2 Å². The molecule has 1 aliphatic heterocycles. The molecule has 3 aromatic carbocycles. The summed E-state index contributed by atoms with van der Waals surface area (Å²) >= 11 is 0. The maximum absolute atomic E-state index is 13.4. The van der Waals surface area contributed by atoms with Gasteiger partial charge in [-0.05, 0) is 30.3 Å². The van der Waals surface area contributed by atoms with Gasteiger partial charge in [0.25, 0.3) is 0 Å². The van der Waals surface area contributed by atoms with E-state index in [1.807, 2.05) is 54.6 Å². The molecular formula is C25H21NO3. The minimum absolute atomic E-state index is 0.0371. The number of ether oxygens (including phenoxy) is 1. The molecule has 4 nitrogen and oxygen atoms in total. The van der Waals surface area contributed by atoms with Crippen molar-refractivity contribution in [3.8, 4) is 11.1 Å². The second-order valence-corrected chi connectivity index (χ2v) is 7.60. The Kier molecular flexibility index (Phi) is 4.29. The third-order valence-corrected chi connectivity index (χ3v) is 5.97. The number of nitrogens with one attached hydrogen (secondary N) is 1. The van der Waals surface area contributed by atoms with Crippen molar-refractivity contribution in [2.75, 3.05) is 13.1 Å². The van der Waals surface area contributed by atoms with Gasteiger partial charge in [-0.15, -0.1) is 0 Å². The van der Waals surface area contributed by atoms with E-state index in [9.17, 15) is 9.59 Å². The van der Waals surface area contributed by atoms with Crippen LogP contribution in [0.1, 0.15) is 44.7 Å². The molecule has 4 heteroatoms. The van der Waals surface area contributed by atoms with Crippen LogP contribution in [0.4, 0.5) is 0 Å². The van der Waals surface area contributed by atoms with Crippen LogP contribution in [0.5, 0.6) is 0 Å². The Morgan fingerprint density at radius 1 is 0.793 bits per heavy atom. The minimum Gasteiger partial charge on any atom is -0.450 e. The van der Waals surface area contributed by atoms with Gasteiger partial charge in [-0.25, -0.2) is 4.79 Å². The van der Waals surface area contributed by atoms with E-state index in [-0.39, 0.29) is 11.8 Å². The molecule has 2 aliphatic rings.